The second-order valence-electron chi connectivity index (χ2n) is 6.35. The van der Waals surface area contributed by atoms with Crippen LogP contribution in [0.15, 0.2) is 35.1 Å². The number of piperidine rings is 1. The lowest BCUT2D eigenvalue weighted by Gasteiger charge is -2.37. The molecule has 5 heteroatoms. The van der Waals surface area contributed by atoms with E-state index in [2.05, 4.69) is 9.88 Å². The molecule has 5 nitrogen and oxygen atoms in total. The molecule has 0 spiro atoms. The van der Waals surface area contributed by atoms with Crippen molar-refractivity contribution in [1.29, 1.82) is 0 Å². The van der Waals surface area contributed by atoms with Gasteiger partial charge in [0.25, 0.3) is 5.56 Å². The molecule has 23 heavy (non-hydrogen) atoms. The van der Waals surface area contributed by atoms with Crippen LogP contribution in [0.1, 0.15) is 24.8 Å². The van der Waals surface area contributed by atoms with Crippen molar-refractivity contribution in [2.24, 2.45) is 0 Å². The zero-order valence-corrected chi connectivity index (χ0v) is 13.2. The molecule has 1 aromatic heterocycles. The molecule has 0 radical (unpaired) electrons. The van der Waals surface area contributed by atoms with E-state index in [1.54, 1.807) is 0 Å². The summed E-state index contributed by atoms with van der Waals surface area (Å²) in [5.41, 5.74) is 1.70. The number of likely N-dealkylation sites (tertiary alicyclic amines) is 1. The Bertz CT molecular complexity index is 736. The van der Waals surface area contributed by atoms with Crippen LogP contribution in [-0.4, -0.2) is 42.0 Å². The number of ether oxygens (including phenoxy) is 2. The summed E-state index contributed by atoms with van der Waals surface area (Å²) in [5, 5.41) is 1.07. The summed E-state index contributed by atoms with van der Waals surface area (Å²) in [7, 11) is 0. The quantitative estimate of drug-likeness (QED) is 0.944. The van der Waals surface area contributed by atoms with Gasteiger partial charge in [-0.05, 0) is 36.9 Å². The molecule has 3 heterocycles. The molecule has 2 fully saturated rings. The Morgan fingerprint density at radius 3 is 2.87 bits per heavy atom. The number of fused-ring (bicyclic) bond motifs is 1. The number of benzene rings is 1. The first kappa shape index (κ1) is 14.9. The number of aromatic nitrogens is 1. The van der Waals surface area contributed by atoms with E-state index in [4.69, 9.17) is 9.47 Å². The SMILES string of the molecule is O=c1[nH]c2ccccc2cc1CN1CCCCC1C1OCCO1. The van der Waals surface area contributed by atoms with E-state index < -0.39 is 0 Å². The Labute approximate surface area is 135 Å². The lowest BCUT2D eigenvalue weighted by Crippen LogP contribution is -2.47. The van der Waals surface area contributed by atoms with E-state index in [-0.39, 0.29) is 17.9 Å². The molecule has 1 atom stereocenters. The summed E-state index contributed by atoms with van der Waals surface area (Å²) < 4.78 is 11.4. The number of para-hydroxylation sites is 1. The zero-order chi connectivity index (χ0) is 15.6. The van der Waals surface area contributed by atoms with Crippen molar-refractivity contribution in [3.63, 3.8) is 0 Å². The van der Waals surface area contributed by atoms with E-state index in [9.17, 15) is 4.79 Å². The number of aromatic amines is 1. The smallest absolute Gasteiger partial charge is 0.252 e. The topological polar surface area (TPSA) is 54.6 Å². The van der Waals surface area contributed by atoms with Crippen LogP contribution in [0.25, 0.3) is 10.9 Å². The lowest BCUT2D eigenvalue weighted by molar-refractivity contribution is -0.111. The maximum atomic E-state index is 12.4. The lowest BCUT2D eigenvalue weighted by atomic mass is 10.0. The maximum absolute atomic E-state index is 12.4. The van der Waals surface area contributed by atoms with Gasteiger partial charge >= 0.3 is 0 Å². The van der Waals surface area contributed by atoms with E-state index in [0.29, 0.717) is 19.8 Å². The first-order chi connectivity index (χ1) is 11.3. The Morgan fingerprint density at radius 1 is 1.17 bits per heavy atom. The Balaban J connectivity index is 1.60. The summed E-state index contributed by atoms with van der Waals surface area (Å²) in [6, 6.07) is 10.2. The largest absolute Gasteiger partial charge is 0.349 e. The molecule has 122 valence electrons. The van der Waals surface area contributed by atoms with Crippen LogP contribution in [0.4, 0.5) is 0 Å². The van der Waals surface area contributed by atoms with E-state index >= 15 is 0 Å². The van der Waals surface area contributed by atoms with Crippen LogP contribution < -0.4 is 5.56 Å². The normalized spacial score (nSPS) is 23.6. The fourth-order valence-corrected chi connectivity index (χ4v) is 3.65. The summed E-state index contributed by atoms with van der Waals surface area (Å²) in [6.45, 7) is 2.98. The van der Waals surface area contributed by atoms with Crippen molar-refractivity contribution in [3.05, 3.63) is 46.2 Å². The molecule has 0 amide bonds. The predicted octanol–water partition coefficient (Wildman–Crippen LogP) is 2.26. The van der Waals surface area contributed by atoms with Crippen LogP contribution in [0.5, 0.6) is 0 Å². The summed E-state index contributed by atoms with van der Waals surface area (Å²) >= 11 is 0. The molecule has 2 saturated heterocycles. The number of H-pyrrole nitrogens is 1. The minimum atomic E-state index is -0.144. The van der Waals surface area contributed by atoms with Crippen molar-refractivity contribution in [1.82, 2.24) is 9.88 Å². The molecule has 0 saturated carbocycles. The molecule has 0 bridgehead atoms. The highest BCUT2D eigenvalue weighted by molar-refractivity contribution is 5.78. The van der Waals surface area contributed by atoms with Gasteiger partial charge in [-0.2, -0.15) is 0 Å². The zero-order valence-electron chi connectivity index (χ0n) is 13.2. The summed E-state index contributed by atoms with van der Waals surface area (Å²) in [6.07, 6.45) is 3.28. The first-order valence-electron chi connectivity index (χ1n) is 8.39. The van der Waals surface area contributed by atoms with Gasteiger partial charge in [0.15, 0.2) is 6.29 Å². The molecular weight excluding hydrogens is 292 g/mol. The second kappa shape index (κ2) is 6.43. The maximum Gasteiger partial charge on any atom is 0.252 e. The van der Waals surface area contributed by atoms with Gasteiger partial charge in [-0.1, -0.05) is 24.6 Å². The fraction of sp³-hybridized carbons (Fsp3) is 0.500. The van der Waals surface area contributed by atoms with Gasteiger partial charge in [0.05, 0.1) is 19.3 Å². The highest BCUT2D eigenvalue weighted by Crippen LogP contribution is 2.25. The van der Waals surface area contributed by atoms with Crippen LogP contribution in [-0.2, 0) is 16.0 Å². The molecule has 2 aliphatic rings. The Hall–Kier alpha value is -1.69. The van der Waals surface area contributed by atoms with Gasteiger partial charge in [-0.3, -0.25) is 9.69 Å². The third kappa shape index (κ3) is 3.04. The van der Waals surface area contributed by atoms with Crippen molar-refractivity contribution >= 4 is 10.9 Å². The van der Waals surface area contributed by atoms with Crippen LogP contribution in [0, 0.1) is 0 Å². The molecule has 2 aliphatic heterocycles. The van der Waals surface area contributed by atoms with E-state index in [1.807, 2.05) is 30.3 Å². The van der Waals surface area contributed by atoms with Gasteiger partial charge in [-0.25, -0.2) is 0 Å². The third-order valence-electron chi connectivity index (χ3n) is 4.83. The standard InChI is InChI=1S/C18H22N2O3/c21-17-14(11-13-5-1-2-6-15(13)19-17)12-20-8-4-3-7-16(20)18-22-9-10-23-18/h1-2,5-6,11,16,18H,3-4,7-10,12H2,(H,19,21). The number of nitrogens with one attached hydrogen (secondary N) is 1. The van der Waals surface area contributed by atoms with Gasteiger partial charge < -0.3 is 14.5 Å². The first-order valence-corrected chi connectivity index (χ1v) is 8.39. The number of hydrogen-bond acceptors (Lipinski definition) is 4. The van der Waals surface area contributed by atoms with Crippen molar-refractivity contribution in [3.8, 4) is 0 Å². The second-order valence-corrected chi connectivity index (χ2v) is 6.35. The van der Waals surface area contributed by atoms with Crippen molar-refractivity contribution < 1.29 is 9.47 Å². The Kier molecular flexibility index (Phi) is 4.16. The van der Waals surface area contributed by atoms with Crippen LogP contribution >= 0.6 is 0 Å². The van der Waals surface area contributed by atoms with Gasteiger partial charge in [0, 0.05) is 17.6 Å². The number of pyridine rings is 1. The molecule has 1 unspecified atom stereocenters. The minimum absolute atomic E-state index is 0.00119. The van der Waals surface area contributed by atoms with Gasteiger partial charge in [-0.15, -0.1) is 0 Å². The van der Waals surface area contributed by atoms with Crippen molar-refractivity contribution in [2.45, 2.75) is 38.1 Å². The summed E-state index contributed by atoms with van der Waals surface area (Å²) in [4.78, 5) is 17.7. The number of hydrogen-bond donors (Lipinski definition) is 1. The fourth-order valence-electron chi connectivity index (χ4n) is 3.65. The molecule has 1 N–H and O–H groups in total. The van der Waals surface area contributed by atoms with E-state index in [1.165, 1.54) is 6.42 Å². The molecule has 2 aromatic rings. The highest BCUT2D eigenvalue weighted by atomic mass is 16.7. The van der Waals surface area contributed by atoms with Gasteiger partial charge in [0.2, 0.25) is 0 Å². The number of rotatable bonds is 3. The Morgan fingerprint density at radius 2 is 2.00 bits per heavy atom. The molecule has 1 aromatic carbocycles. The van der Waals surface area contributed by atoms with E-state index in [0.717, 1.165) is 35.9 Å². The minimum Gasteiger partial charge on any atom is -0.349 e. The average molecular weight is 314 g/mol. The molecule has 0 aliphatic carbocycles. The monoisotopic (exact) mass is 314 g/mol. The van der Waals surface area contributed by atoms with Gasteiger partial charge in [0.1, 0.15) is 0 Å². The number of nitrogens with zero attached hydrogens (tertiary/aromatic N) is 1. The highest BCUT2D eigenvalue weighted by Gasteiger charge is 2.33. The third-order valence-corrected chi connectivity index (χ3v) is 4.83. The van der Waals surface area contributed by atoms with Crippen molar-refractivity contribution in [2.75, 3.05) is 19.8 Å². The average Bonchev–Trinajstić information content (AvgIpc) is 3.10. The molecular formula is C18H22N2O3. The predicted molar refractivity (Wildman–Crippen MR) is 88.3 cm³/mol. The van der Waals surface area contributed by atoms with Crippen LogP contribution in [0.2, 0.25) is 0 Å². The summed E-state index contributed by atoms with van der Waals surface area (Å²) in [5.74, 6) is 0. The van der Waals surface area contributed by atoms with Crippen LogP contribution in [0.3, 0.4) is 0 Å². The molecule has 4 rings (SSSR count).